The summed E-state index contributed by atoms with van der Waals surface area (Å²) >= 11 is 4.81. The van der Waals surface area contributed by atoms with Gasteiger partial charge in [-0.25, -0.2) is 0 Å². The minimum atomic E-state index is 0.00791. The zero-order valence-corrected chi connectivity index (χ0v) is 9.10. The zero-order chi connectivity index (χ0) is 10.6. The Hall–Kier alpha value is -0.680. The van der Waals surface area contributed by atoms with Crippen molar-refractivity contribution in [3.05, 3.63) is 0 Å². The first-order chi connectivity index (χ1) is 6.61. The topological polar surface area (TPSA) is 64.3 Å². The van der Waals surface area contributed by atoms with Crippen LogP contribution in [0.1, 0.15) is 13.3 Å². The molecule has 1 aliphatic heterocycles. The van der Waals surface area contributed by atoms with Crippen molar-refractivity contribution in [1.29, 1.82) is 0 Å². The Labute approximate surface area is 89.2 Å². The first-order valence-electron chi connectivity index (χ1n) is 4.76. The third-order valence-corrected chi connectivity index (χ3v) is 2.77. The number of nitrogens with one attached hydrogen (secondary N) is 1. The average Bonchev–Trinajstić information content (AvgIpc) is 2.66. The molecular weight excluding hydrogens is 200 g/mol. The van der Waals surface area contributed by atoms with Gasteiger partial charge in [-0.15, -0.1) is 0 Å². The maximum absolute atomic E-state index is 11.5. The molecule has 4 nitrogen and oxygen atoms in total. The highest BCUT2D eigenvalue weighted by Crippen LogP contribution is 2.11. The highest BCUT2D eigenvalue weighted by atomic mass is 32.1. The van der Waals surface area contributed by atoms with Crippen LogP contribution in [0.25, 0.3) is 0 Å². The van der Waals surface area contributed by atoms with Gasteiger partial charge in [0.2, 0.25) is 5.91 Å². The minimum absolute atomic E-state index is 0.00791. The summed E-state index contributed by atoms with van der Waals surface area (Å²) in [7, 11) is 0. The number of hydrogen-bond donors (Lipinski definition) is 2. The number of rotatable bonds is 4. The zero-order valence-electron chi connectivity index (χ0n) is 8.29. The summed E-state index contributed by atoms with van der Waals surface area (Å²) in [4.78, 5) is 11.9. The van der Waals surface area contributed by atoms with E-state index in [0.717, 1.165) is 6.42 Å². The Bertz CT molecular complexity index is 227. The highest BCUT2D eigenvalue weighted by Gasteiger charge is 2.23. The Kier molecular flexibility index (Phi) is 4.28. The molecular formula is C9H16N2O2S. The van der Waals surface area contributed by atoms with E-state index in [1.54, 1.807) is 0 Å². The van der Waals surface area contributed by atoms with Crippen LogP contribution in [0.3, 0.4) is 0 Å². The van der Waals surface area contributed by atoms with Crippen molar-refractivity contribution < 1.29 is 9.53 Å². The quantitative estimate of drug-likeness (QED) is 0.652. The van der Waals surface area contributed by atoms with Gasteiger partial charge < -0.3 is 15.8 Å². The molecule has 2 unspecified atom stereocenters. The SMILES string of the molecule is CC(CNC(=O)C1CCOC1)C(N)=S. The van der Waals surface area contributed by atoms with Crippen LogP contribution in [0.5, 0.6) is 0 Å². The van der Waals surface area contributed by atoms with E-state index in [9.17, 15) is 4.79 Å². The summed E-state index contributed by atoms with van der Waals surface area (Å²) in [6.07, 6.45) is 0.813. The van der Waals surface area contributed by atoms with Crippen LogP contribution in [0, 0.1) is 11.8 Å². The van der Waals surface area contributed by atoms with E-state index < -0.39 is 0 Å². The van der Waals surface area contributed by atoms with Crippen LogP contribution < -0.4 is 11.1 Å². The Morgan fingerprint density at radius 3 is 3.00 bits per heavy atom. The van der Waals surface area contributed by atoms with Gasteiger partial charge in [0.05, 0.1) is 17.5 Å². The largest absolute Gasteiger partial charge is 0.393 e. The van der Waals surface area contributed by atoms with Crippen molar-refractivity contribution in [1.82, 2.24) is 5.32 Å². The van der Waals surface area contributed by atoms with Gasteiger partial charge in [0.25, 0.3) is 0 Å². The van der Waals surface area contributed by atoms with Gasteiger partial charge in [-0.1, -0.05) is 19.1 Å². The Morgan fingerprint density at radius 1 is 1.79 bits per heavy atom. The predicted octanol–water partition coefficient (Wildman–Crippen LogP) is 0.0613. The Balaban J connectivity index is 2.23. The fourth-order valence-electron chi connectivity index (χ4n) is 1.24. The molecule has 0 aromatic rings. The van der Waals surface area contributed by atoms with Gasteiger partial charge in [-0.05, 0) is 6.42 Å². The molecule has 1 aliphatic rings. The van der Waals surface area contributed by atoms with Gasteiger partial charge in [-0.3, -0.25) is 4.79 Å². The lowest BCUT2D eigenvalue weighted by Gasteiger charge is -2.13. The van der Waals surface area contributed by atoms with Crippen molar-refractivity contribution >= 4 is 23.1 Å². The lowest BCUT2D eigenvalue weighted by Crippen LogP contribution is -2.37. The third kappa shape index (κ3) is 3.23. The van der Waals surface area contributed by atoms with Crippen molar-refractivity contribution in [2.75, 3.05) is 19.8 Å². The second-order valence-electron chi connectivity index (χ2n) is 3.61. The molecule has 0 saturated carbocycles. The molecule has 14 heavy (non-hydrogen) atoms. The van der Waals surface area contributed by atoms with Crippen LogP contribution >= 0.6 is 12.2 Å². The lowest BCUT2D eigenvalue weighted by atomic mass is 10.1. The monoisotopic (exact) mass is 216 g/mol. The summed E-state index contributed by atoms with van der Waals surface area (Å²) in [5.74, 6) is 0.107. The second-order valence-corrected chi connectivity index (χ2v) is 4.08. The van der Waals surface area contributed by atoms with Crippen LogP contribution in [0.2, 0.25) is 0 Å². The standard InChI is InChI=1S/C9H16N2O2S/c1-6(8(10)14)4-11-9(12)7-2-3-13-5-7/h6-7H,2-5H2,1H3,(H2,10,14)(H,11,12). The van der Waals surface area contributed by atoms with Crippen LogP contribution in [-0.2, 0) is 9.53 Å². The van der Waals surface area contributed by atoms with Crippen LogP contribution in [-0.4, -0.2) is 30.7 Å². The molecule has 80 valence electrons. The first-order valence-corrected chi connectivity index (χ1v) is 5.17. The molecule has 1 amide bonds. The highest BCUT2D eigenvalue weighted by molar-refractivity contribution is 7.80. The second kappa shape index (κ2) is 5.26. The lowest BCUT2D eigenvalue weighted by molar-refractivity contribution is -0.125. The molecule has 2 atom stereocenters. The van der Waals surface area contributed by atoms with E-state index in [1.807, 2.05) is 6.92 Å². The first kappa shape index (κ1) is 11.4. The molecule has 1 rings (SSSR count). The fraction of sp³-hybridized carbons (Fsp3) is 0.778. The molecule has 3 N–H and O–H groups in total. The van der Waals surface area contributed by atoms with Gasteiger partial charge in [0.15, 0.2) is 0 Å². The van der Waals surface area contributed by atoms with E-state index >= 15 is 0 Å². The van der Waals surface area contributed by atoms with E-state index in [0.29, 0.717) is 24.7 Å². The van der Waals surface area contributed by atoms with Crippen LogP contribution in [0.15, 0.2) is 0 Å². The van der Waals surface area contributed by atoms with Gasteiger partial charge in [0.1, 0.15) is 0 Å². The minimum Gasteiger partial charge on any atom is -0.393 e. The summed E-state index contributed by atoms with van der Waals surface area (Å²) in [5.41, 5.74) is 5.43. The summed E-state index contributed by atoms with van der Waals surface area (Å²) in [5, 5.41) is 2.82. The summed E-state index contributed by atoms with van der Waals surface area (Å²) < 4.78 is 5.12. The molecule has 1 heterocycles. The average molecular weight is 216 g/mol. The molecule has 1 saturated heterocycles. The summed E-state index contributed by atoms with van der Waals surface area (Å²) in [6.45, 7) is 3.63. The van der Waals surface area contributed by atoms with Crippen molar-refractivity contribution in [3.63, 3.8) is 0 Å². The van der Waals surface area contributed by atoms with E-state index in [2.05, 4.69) is 5.32 Å². The van der Waals surface area contributed by atoms with Gasteiger partial charge >= 0.3 is 0 Å². The normalized spacial score (nSPS) is 23.1. The van der Waals surface area contributed by atoms with Gasteiger partial charge in [-0.2, -0.15) is 0 Å². The number of amides is 1. The maximum Gasteiger partial charge on any atom is 0.225 e. The van der Waals surface area contributed by atoms with Crippen molar-refractivity contribution in [2.45, 2.75) is 13.3 Å². The predicted molar refractivity (Wildman–Crippen MR) is 57.9 cm³/mol. The van der Waals surface area contributed by atoms with E-state index in [1.165, 1.54) is 0 Å². The number of hydrogen-bond acceptors (Lipinski definition) is 3. The van der Waals surface area contributed by atoms with Crippen molar-refractivity contribution in [3.8, 4) is 0 Å². The third-order valence-electron chi connectivity index (χ3n) is 2.37. The fourth-order valence-corrected chi connectivity index (χ4v) is 1.32. The van der Waals surface area contributed by atoms with E-state index in [4.69, 9.17) is 22.7 Å². The molecule has 1 fully saturated rings. The number of carbonyl (C=O) groups excluding carboxylic acids is 1. The van der Waals surface area contributed by atoms with E-state index in [-0.39, 0.29) is 17.7 Å². The number of ether oxygens (including phenoxy) is 1. The molecule has 0 aliphatic carbocycles. The molecule has 0 spiro atoms. The molecule has 0 aromatic heterocycles. The number of thiocarbonyl (C=S) groups is 1. The molecule has 5 heteroatoms. The molecule has 0 aromatic carbocycles. The molecule has 0 radical (unpaired) electrons. The number of nitrogens with two attached hydrogens (primary N) is 1. The Morgan fingerprint density at radius 2 is 2.50 bits per heavy atom. The van der Waals surface area contributed by atoms with Gasteiger partial charge in [0, 0.05) is 19.1 Å². The number of carbonyl (C=O) groups is 1. The summed E-state index contributed by atoms with van der Waals surface area (Å²) in [6, 6.07) is 0. The smallest absolute Gasteiger partial charge is 0.225 e. The maximum atomic E-state index is 11.5. The van der Waals surface area contributed by atoms with Crippen molar-refractivity contribution in [2.24, 2.45) is 17.6 Å². The van der Waals surface area contributed by atoms with Crippen LogP contribution in [0.4, 0.5) is 0 Å². The molecule has 0 bridgehead atoms.